The highest BCUT2D eigenvalue weighted by Gasteiger charge is 2.16. The molecule has 0 aromatic rings. The molecule has 0 aliphatic carbocycles. The van der Waals surface area contributed by atoms with Crippen molar-refractivity contribution in [2.24, 2.45) is 0 Å². The number of carbonyl (C=O) groups is 1. The number of ether oxygens (including phenoxy) is 1. The Bertz CT molecular complexity index is 195. The summed E-state index contributed by atoms with van der Waals surface area (Å²) < 4.78 is 5.92. The number of rotatable bonds is 3. The highest BCUT2D eigenvalue weighted by molar-refractivity contribution is 5.67. The summed E-state index contributed by atoms with van der Waals surface area (Å²) in [6.45, 7) is 7.09. The Balaban J connectivity index is 0. The first-order valence-electron chi connectivity index (χ1n) is 4.87. The van der Waals surface area contributed by atoms with Gasteiger partial charge in [-0.25, -0.2) is 4.79 Å². The monoisotopic (exact) mass is 238 g/mol. The Labute approximate surface area is 99.0 Å². The molecule has 0 saturated heterocycles. The van der Waals surface area contributed by atoms with Gasteiger partial charge in [-0.3, -0.25) is 0 Å². The Morgan fingerprint density at radius 3 is 2.07 bits per heavy atom. The first-order chi connectivity index (χ1) is 6.10. The molecule has 0 aromatic heterocycles. The van der Waals surface area contributed by atoms with E-state index >= 15 is 0 Å². The second kappa shape index (κ2) is 6.18. The second-order valence-corrected chi connectivity index (χ2v) is 5.44. The molecule has 0 aliphatic rings. The van der Waals surface area contributed by atoms with E-state index in [2.05, 4.69) is 26.5 Å². The third-order valence-corrected chi connectivity index (χ3v) is 1.45. The van der Waals surface area contributed by atoms with Crippen molar-refractivity contribution in [2.45, 2.75) is 26.4 Å². The Hall–Kier alpha value is -0.480. The molecule has 0 aromatic carbocycles. The van der Waals surface area contributed by atoms with Crippen LogP contribution in [0, 0.1) is 0 Å². The fraction of sp³-hybridized carbons (Fsp3) is 0.900. The highest BCUT2D eigenvalue weighted by Crippen LogP contribution is 2.06. The highest BCUT2D eigenvalue weighted by atomic mass is 35.5. The van der Waals surface area contributed by atoms with E-state index in [1.807, 2.05) is 20.8 Å². The van der Waals surface area contributed by atoms with Crippen molar-refractivity contribution < 1.29 is 26.4 Å². The zero-order valence-corrected chi connectivity index (χ0v) is 11.3. The van der Waals surface area contributed by atoms with Gasteiger partial charge in [-0.1, -0.05) is 0 Å². The molecule has 0 aliphatic heterocycles. The van der Waals surface area contributed by atoms with Crippen molar-refractivity contribution in [2.75, 3.05) is 34.2 Å². The number of likely N-dealkylation sites (N-methyl/N-ethyl adjacent to an activating group) is 1. The van der Waals surface area contributed by atoms with Crippen LogP contribution in [-0.4, -0.2) is 50.4 Å². The average molecular weight is 239 g/mol. The lowest BCUT2D eigenvalue weighted by Gasteiger charge is -2.24. The van der Waals surface area contributed by atoms with Crippen molar-refractivity contribution in [1.29, 1.82) is 0 Å². The fourth-order valence-electron chi connectivity index (χ4n) is 0.808. The van der Waals surface area contributed by atoms with Gasteiger partial charge in [0.05, 0.1) is 34.2 Å². The van der Waals surface area contributed by atoms with E-state index in [0.29, 0.717) is 6.54 Å². The number of nitrogens with zero attached hydrogens (tertiary/aromatic N) is 1. The number of amides is 1. The fourth-order valence-corrected chi connectivity index (χ4v) is 0.808. The van der Waals surface area contributed by atoms with Crippen LogP contribution in [0.4, 0.5) is 4.79 Å². The van der Waals surface area contributed by atoms with Gasteiger partial charge in [0.25, 0.3) is 0 Å². The lowest BCUT2D eigenvalue weighted by atomic mass is 10.2. The van der Waals surface area contributed by atoms with Gasteiger partial charge in [-0.05, 0) is 20.8 Å². The van der Waals surface area contributed by atoms with Crippen LogP contribution in [0.2, 0.25) is 0 Å². The van der Waals surface area contributed by atoms with Crippen LogP contribution in [0.15, 0.2) is 0 Å². The van der Waals surface area contributed by atoms with Crippen molar-refractivity contribution in [1.82, 2.24) is 5.32 Å². The van der Waals surface area contributed by atoms with Gasteiger partial charge in [0.2, 0.25) is 0 Å². The lowest BCUT2D eigenvalue weighted by Crippen LogP contribution is -3.00. The second-order valence-electron chi connectivity index (χ2n) is 5.44. The van der Waals surface area contributed by atoms with E-state index in [-0.39, 0.29) is 18.5 Å². The summed E-state index contributed by atoms with van der Waals surface area (Å²) in [5.41, 5.74) is -0.416. The first-order valence-corrected chi connectivity index (χ1v) is 4.87. The van der Waals surface area contributed by atoms with Gasteiger partial charge >= 0.3 is 6.09 Å². The number of halogens is 1. The van der Waals surface area contributed by atoms with Gasteiger partial charge in [-0.15, -0.1) is 0 Å². The van der Waals surface area contributed by atoms with Crippen LogP contribution in [-0.2, 0) is 4.74 Å². The molecule has 0 atom stereocenters. The molecule has 15 heavy (non-hydrogen) atoms. The number of carbonyl (C=O) groups excluding carboxylic acids is 1. The summed E-state index contributed by atoms with van der Waals surface area (Å²) in [6, 6.07) is 0. The molecule has 0 fully saturated rings. The minimum atomic E-state index is -0.416. The summed E-state index contributed by atoms with van der Waals surface area (Å²) in [4.78, 5) is 11.2. The maximum Gasteiger partial charge on any atom is 0.407 e. The quantitative estimate of drug-likeness (QED) is 0.591. The van der Waals surface area contributed by atoms with E-state index in [1.165, 1.54) is 0 Å². The van der Waals surface area contributed by atoms with Crippen molar-refractivity contribution in [3.05, 3.63) is 0 Å². The van der Waals surface area contributed by atoms with Crippen LogP contribution >= 0.6 is 0 Å². The predicted molar refractivity (Wildman–Crippen MR) is 57.1 cm³/mol. The predicted octanol–water partition coefficient (Wildman–Crippen LogP) is -1.78. The van der Waals surface area contributed by atoms with Crippen LogP contribution in [0.5, 0.6) is 0 Å². The van der Waals surface area contributed by atoms with E-state index < -0.39 is 5.60 Å². The molecule has 92 valence electrons. The Kier molecular flexibility index (Phi) is 6.97. The van der Waals surface area contributed by atoms with Crippen LogP contribution < -0.4 is 17.7 Å². The van der Waals surface area contributed by atoms with Gasteiger partial charge in [-0.2, -0.15) is 0 Å². The number of hydrogen-bond donors (Lipinski definition) is 1. The minimum Gasteiger partial charge on any atom is -1.00 e. The Morgan fingerprint density at radius 1 is 1.27 bits per heavy atom. The van der Waals surface area contributed by atoms with E-state index in [1.54, 1.807) is 0 Å². The molecule has 0 heterocycles. The average Bonchev–Trinajstić information content (AvgIpc) is 1.78. The molecule has 0 saturated carbocycles. The standard InChI is InChI=1S/C10H22N2O2.ClH/c1-10(2,3)14-9(13)11-7-8-12(4,5)6;/h7-8H2,1-6H3;1H. The maximum absolute atomic E-state index is 11.2. The van der Waals surface area contributed by atoms with Crippen LogP contribution in [0.25, 0.3) is 0 Å². The molecule has 0 unspecified atom stereocenters. The molecular weight excluding hydrogens is 216 g/mol. The normalized spacial score (nSPS) is 11.6. The van der Waals surface area contributed by atoms with Gasteiger partial charge < -0.3 is 26.9 Å². The zero-order chi connectivity index (χ0) is 11.4. The van der Waals surface area contributed by atoms with Gasteiger partial charge in [0.15, 0.2) is 0 Å². The third kappa shape index (κ3) is 13.5. The largest absolute Gasteiger partial charge is 1.00 e. The van der Waals surface area contributed by atoms with E-state index in [4.69, 9.17) is 4.74 Å². The molecule has 1 amide bonds. The van der Waals surface area contributed by atoms with Crippen LogP contribution in [0.1, 0.15) is 20.8 Å². The molecule has 0 rings (SSSR count). The number of alkyl carbamates (subject to hydrolysis) is 1. The third-order valence-electron chi connectivity index (χ3n) is 1.45. The zero-order valence-electron chi connectivity index (χ0n) is 10.6. The molecule has 4 nitrogen and oxygen atoms in total. The van der Waals surface area contributed by atoms with Crippen molar-refractivity contribution in [3.8, 4) is 0 Å². The molecule has 5 heteroatoms. The summed E-state index contributed by atoms with van der Waals surface area (Å²) in [5.74, 6) is 0. The molecular formula is C10H23ClN2O2. The summed E-state index contributed by atoms with van der Waals surface area (Å²) >= 11 is 0. The summed E-state index contributed by atoms with van der Waals surface area (Å²) in [6.07, 6.45) is -0.342. The summed E-state index contributed by atoms with van der Waals surface area (Å²) in [5, 5.41) is 2.72. The van der Waals surface area contributed by atoms with E-state index in [9.17, 15) is 4.79 Å². The van der Waals surface area contributed by atoms with Gasteiger partial charge in [0.1, 0.15) is 5.60 Å². The molecule has 1 N–H and O–H groups in total. The molecule has 0 spiro atoms. The van der Waals surface area contributed by atoms with Crippen molar-refractivity contribution in [3.63, 3.8) is 0 Å². The number of quaternary nitrogens is 1. The number of hydrogen-bond acceptors (Lipinski definition) is 2. The van der Waals surface area contributed by atoms with E-state index in [0.717, 1.165) is 11.0 Å². The number of nitrogens with one attached hydrogen (secondary N) is 1. The topological polar surface area (TPSA) is 38.3 Å². The van der Waals surface area contributed by atoms with Crippen molar-refractivity contribution >= 4 is 6.09 Å². The molecule has 0 radical (unpaired) electrons. The first kappa shape index (κ1) is 16.9. The smallest absolute Gasteiger partial charge is 0.407 e. The Morgan fingerprint density at radius 2 is 1.73 bits per heavy atom. The van der Waals surface area contributed by atoms with Crippen LogP contribution in [0.3, 0.4) is 0 Å². The lowest BCUT2D eigenvalue weighted by molar-refractivity contribution is -0.869. The SMILES string of the molecule is CC(C)(C)OC(=O)NCC[N+](C)(C)C.[Cl-]. The summed E-state index contributed by atoms with van der Waals surface area (Å²) in [7, 11) is 6.24. The minimum absolute atomic E-state index is 0. The van der Waals surface area contributed by atoms with Gasteiger partial charge in [0, 0.05) is 0 Å². The maximum atomic E-state index is 11.2. The molecule has 0 bridgehead atoms.